The third kappa shape index (κ3) is 6.26. The molecule has 41 heavy (non-hydrogen) atoms. The van der Waals surface area contributed by atoms with Gasteiger partial charge in [-0.15, -0.1) is 0 Å². The van der Waals surface area contributed by atoms with Gasteiger partial charge in [0.15, 0.2) is 11.6 Å². The monoisotopic (exact) mass is 599 g/mol. The van der Waals surface area contributed by atoms with Crippen LogP contribution in [0.1, 0.15) is 50.3 Å². The number of carbonyl (C=O) groups is 4. The standard InChI is InChI=1S/2C15H14N2O3.Co/c2*1-10(18)17-13(15-7-4-8-20-15)9-12(16-17)11-5-2-3-6-14(11)19;/h2*2-8,13,16H,9H2,1H3;/b2*12-11-;. The molecule has 1 radical (unpaired) electrons. The van der Waals surface area contributed by atoms with Crippen LogP contribution in [0.4, 0.5) is 0 Å². The van der Waals surface area contributed by atoms with E-state index in [4.69, 9.17) is 8.83 Å². The molecule has 2 fully saturated rings. The largest absolute Gasteiger partial charge is 0.467 e. The number of nitrogens with one attached hydrogen (secondary N) is 2. The van der Waals surface area contributed by atoms with Gasteiger partial charge in [0, 0.05) is 66.0 Å². The van der Waals surface area contributed by atoms with Gasteiger partial charge in [0.2, 0.25) is 11.8 Å². The molecule has 2 aliphatic carbocycles. The Balaban J connectivity index is 0.000000184. The zero-order valence-electron chi connectivity index (χ0n) is 22.3. The summed E-state index contributed by atoms with van der Waals surface area (Å²) in [5.74, 6) is 1.05. The van der Waals surface area contributed by atoms with Gasteiger partial charge in [0.05, 0.1) is 12.5 Å². The summed E-state index contributed by atoms with van der Waals surface area (Å²) in [6.45, 7) is 2.96. The van der Waals surface area contributed by atoms with Crippen LogP contribution >= 0.6 is 0 Å². The normalized spacial score (nSPS) is 24.5. The van der Waals surface area contributed by atoms with Crippen LogP contribution < -0.4 is 10.9 Å². The van der Waals surface area contributed by atoms with Crippen molar-refractivity contribution in [2.75, 3.05) is 0 Å². The summed E-state index contributed by atoms with van der Waals surface area (Å²) in [4.78, 5) is 47.3. The molecule has 6 rings (SSSR count). The van der Waals surface area contributed by atoms with E-state index >= 15 is 0 Å². The van der Waals surface area contributed by atoms with Gasteiger partial charge in [-0.1, -0.05) is 24.3 Å². The summed E-state index contributed by atoms with van der Waals surface area (Å²) < 4.78 is 10.8. The molecule has 2 atom stereocenters. The van der Waals surface area contributed by atoms with Crippen molar-refractivity contribution in [2.24, 2.45) is 0 Å². The number of rotatable bonds is 2. The molecule has 2 aromatic rings. The Kier molecular flexibility index (Phi) is 9.10. The van der Waals surface area contributed by atoms with Crippen molar-refractivity contribution in [2.45, 2.75) is 38.8 Å². The predicted molar refractivity (Wildman–Crippen MR) is 144 cm³/mol. The average Bonchev–Trinajstić information content (AvgIpc) is 3.74. The van der Waals surface area contributed by atoms with Crippen molar-refractivity contribution in [3.8, 4) is 0 Å². The van der Waals surface area contributed by atoms with Gasteiger partial charge in [-0.2, -0.15) is 0 Å². The summed E-state index contributed by atoms with van der Waals surface area (Å²) in [5, 5.41) is 3.00. The molecule has 10 nitrogen and oxygen atoms in total. The summed E-state index contributed by atoms with van der Waals surface area (Å²) in [6, 6.07) is 6.78. The number of hydrogen-bond acceptors (Lipinski definition) is 8. The van der Waals surface area contributed by atoms with Crippen LogP contribution in [0.2, 0.25) is 0 Å². The molecule has 2 N–H and O–H groups in total. The van der Waals surface area contributed by atoms with E-state index in [2.05, 4.69) is 10.9 Å². The van der Waals surface area contributed by atoms with Crippen molar-refractivity contribution < 1.29 is 44.8 Å². The van der Waals surface area contributed by atoms with E-state index in [1.165, 1.54) is 36.0 Å². The topological polar surface area (TPSA) is 125 Å². The molecular formula is C30H28CoN4O6. The maximum Gasteiger partial charge on any atom is 0.238 e. The van der Waals surface area contributed by atoms with E-state index in [-0.39, 0.29) is 52.2 Å². The van der Waals surface area contributed by atoms with Crippen LogP contribution in [0.25, 0.3) is 0 Å². The average molecular weight is 600 g/mol. The first-order valence-corrected chi connectivity index (χ1v) is 12.8. The third-order valence-corrected chi connectivity index (χ3v) is 6.78. The Morgan fingerprint density at radius 2 is 1.10 bits per heavy atom. The van der Waals surface area contributed by atoms with Gasteiger partial charge in [-0.05, 0) is 48.6 Å². The summed E-state index contributed by atoms with van der Waals surface area (Å²) in [5.41, 5.74) is 8.72. The summed E-state index contributed by atoms with van der Waals surface area (Å²) in [6.07, 6.45) is 17.8. The second-order valence-corrected chi connectivity index (χ2v) is 9.42. The van der Waals surface area contributed by atoms with Gasteiger partial charge in [-0.25, -0.2) is 10.0 Å². The molecule has 2 aliphatic heterocycles. The third-order valence-electron chi connectivity index (χ3n) is 6.78. The molecule has 0 saturated carbocycles. The fraction of sp³-hybridized carbons (Fsp3) is 0.200. The fourth-order valence-electron chi connectivity index (χ4n) is 4.89. The second-order valence-electron chi connectivity index (χ2n) is 9.42. The Labute approximate surface area is 246 Å². The minimum absolute atomic E-state index is 0. The van der Waals surface area contributed by atoms with E-state index in [9.17, 15) is 19.2 Å². The first kappa shape index (κ1) is 29.4. The summed E-state index contributed by atoms with van der Waals surface area (Å²) in [7, 11) is 0. The minimum atomic E-state index is -0.225. The molecule has 2 unspecified atom stereocenters. The van der Waals surface area contributed by atoms with Crippen molar-refractivity contribution in [1.29, 1.82) is 0 Å². The van der Waals surface area contributed by atoms with Gasteiger partial charge in [-0.3, -0.25) is 30.0 Å². The molecular weight excluding hydrogens is 571 g/mol. The Morgan fingerprint density at radius 3 is 1.41 bits per heavy atom. The maximum absolute atomic E-state index is 11.9. The van der Waals surface area contributed by atoms with Crippen molar-refractivity contribution in [3.05, 3.63) is 119 Å². The first-order chi connectivity index (χ1) is 19.3. The van der Waals surface area contributed by atoms with Crippen LogP contribution in [0.3, 0.4) is 0 Å². The van der Waals surface area contributed by atoms with E-state index < -0.39 is 0 Å². The number of carbonyl (C=O) groups excluding carboxylic acids is 4. The van der Waals surface area contributed by atoms with Crippen LogP contribution in [-0.2, 0) is 36.0 Å². The van der Waals surface area contributed by atoms with E-state index in [0.29, 0.717) is 35.5 Å². The molecule has 0 spiro atoms. The van der Waals surface area contributed by atoms with Gasteiger partial charge >= 0.3 is 0 Å². The fourth-order valence-corrected chi connectivity index (χ4v) is 4.89. The number of ketones is 2. The number of hydrazine groups is 2. The first-order valence-electron chi connectivity index (χ1n) is 12.8. The van der Waals surface area contributed by atoms with Gasteiger partial charge in [0.25, 0.3) is 0 Å². The molecule has 11 heteroatoms. The van der Waals surface area contributed by atoms with Gasteiger partial charge < -0.3 is 8.83 Å². The zero-order chi connectivity index (χ0) is 28.2. The molecule has 2 aromatic heterocycles. The molecule has 4 heterocycles. The maximum atomic E-state index is 11.9. The molecule has 2 amide bonds. The Bertz CT molecular complexity index is 1400. The van der Waals surface area contributed by atoms with E-state index in [0.717, 1.165) is 11.4 Å². The van der Waals surface area contributed by atoms with Crippen molar-refractivity contribution in [3.63, 3.8) is 0 Å². The van der Waals surface area contributed by atoms with Crippen molar-refractivity contribution in [1.82, 2.24) is 20.9 Å². The van der Waals surface area contributed by atoms with Crippen LogP contribution in [0, 0.1) is 0 Å². The Hall–Kier alpha value is -4.61. The Morgan fingerprint density at radius 1 is 0.707 bits per heavy atom. The SMILES string of the molecule is CC(=O)N1N/C(=C2/C=CC=CC2=O)CC1c1ccco1.CC(=O)N1N/C(=C2/C=CC=CC2=O)CC1c1ccco1.[Co]. The molecule has 2 saturated heterocycles. The second kappa shape index (κ2) is 12.7. The number of amides is 2. The van der Waals surface area contributed by atoms with Crippen LogP contribution in [0.15, 0.2) is 117 Å². The van der Waals surface area contributed by atoms with Crippen LogP contribution in [-0.4, -0.2) is 33.4 Å². The zero-order valence-corrected chi connectivity index (χ0v) is 23.4. The van der Waals surface area contributed by atoms with Crippen LogP contribution in [0.5, 0.6) is 0 Å². The number of furan rings is 2. The molecule has 213 valence electrons. The number of nitrogens with zero attached hydrogens (tertiary/aromatic N) is 2. The van der Waals surface area contributed by atoms with E-state index in [1.54, 1.807) is 49.0 Å². The number of allylic oxidation sites excluding steroid dienone is 10. The predicted octanol–water partition coefficient (Wildman–Crippen LogP) is 4.05. The minimum Gasteiger partial charge on any atom is -0.467 e. The summed E-state index contributed by atoms with van der Waals surface area (Å²) >= 11 is 0. The quantitative estimate of drug-likeness (QED) is 0.496. The number of hydrogen-bond donors (Lipinski definition) is 2. The molecule has 0 bridgehead atoms. The smallest absolute Gasteiger partial charge is 0.238 e. The van der Waals surface area contributed by atoms with E-state index in [1.807, 2.05) is 24.3 Å². The molecule has 4 aliphatic rings. The van der Waals surface area contributed by atoms with Crippen molar-refractivity contribution >= 4 is 23.4 Å². The molecule has 0 aromatic carbocycles. The van der Waals surface area contributed by atoms with Gasteiger partial charge in [0.1, 0.15) is 23.6 Å².